The minimum absolute atomic E-state index is 0.901. The van der Waals surface area contributed by atoms with E-state index in [2.05, 4.69) is 34.7 Å². The molecule has 15 heavy (non-hydrogen) atoms. The van der Waals surface area contributed by atoms with E-state index in [0.29, 0.717) is 0 Å². The quantitative estimate of drug-likeness (QED) is 0.822. The number of aromatic nitrogens is 2. The number of benzene rings is 1. The van der Waals surface area contributed by atoms with Crippen molar-refractivity contribution < 1.29 is 0 Å². The molecular formula is C12H15N3. The molecule has 2 rings (SSSR count). The Morgan fingerprint density at radius 3 is 2.47 bits per heavy atom. The van der Waals surface area contributed by atoms with Gasteiger partial charge in [-0.1, -0.05) is 12.1 Å². The molecule has 78 valence electrons. The second-order valence-electron chi connectivity index (χ2n) is 3.60. The van der Waals surface area contributed by atoms with Crippen molar-refractivity contribution >= 4 is 0 Å². The van der Waals surface area contributed by atoms with Crippen LogP contribution in [0, 0.1) is 6.92 Å². The molecule has 1 aromatic heterocycles. The third-order valence-corrected chi connectivity index (χ3v) is 2.30. The van der Waals surface area contributed by atoms with Crippen LogP contribution in [0.1, 0.15) is 11.3 Å². The fourth-order valence-corrected chi connectivity index (χ4v) is 1.53. The van der Waals surface area contributed by atoms with Crippen LogP contribution in [0.25, 0.3) is 5.69 Å². The molecule has 0 unspecified atom stereocenters. The fraction of sp³-hybridized carbons (Fsp3) is 0.250. The Morgan fingerprint density at radius 2 is 1.93 bits per heavy atom. The molecule has 0 saturated heterocycles. The van der Waals surface area contributed by atoms with Gasteiger partial charge in [0.15, 0.2) is 0 Å². The molecule has 0 saturated carbocycles. The van der Waals surface area contributed by atoms with Crippen LogP contribution in [-0.4, -0.2) is 16.8 Å². The van der Waals surface area contributed by atoms with Gasteiger partial charge in [-0.05, 0) is 37.7 Å². The van der Waals surface area contributed by atoms with E-state index in [9.17, 15) is 0 Å². The Hall–Kier alpha value is -1.61. The van der Waals surface area contributed by atoms with Crippen LogP contribution >= 0.6 is 0 Å². The van der Waals surface area contributed by atoms with Crippen molar-refractivity contribution in [2.24, 2.45) is 0 Å². The van der Waals surface area contributed by atoms with Crippen LogP contribution in [0.15, 0.2) is 36.5 Å². The molecule has 0 aliphatic carbocycles. The molecule has 1 aromatic carbocycles. The Labute approximate surface area is 89.7 Å². The normalized spacial score (nSPS) is 10.5. The molecule has 3 heteroatoms. The smallest absolute Gasteiger partial charge is 0.0645 e. The summed E-state index contributed by atoms with van der Waals surface area (Å²) in [6.07, 6.45) is 1.97. The molecule has 2 aromatic rings. The maximum atomic E-state index is 4.36. The molecule has 0 aliphatic rings. The number of nitrogens with one attached hydrogen (secondary N) is 1. The standard InChI is InChI=1S/C12H15N3/c1-10-7-8-15(14-10)12-5-3-11(4-6-12)9-13-2/h3-8,13H,9H2,1-2H3. The Bertz CT molecular complexity index is 428. The van der Waals surface area contributed by atoms with E-state index in [0.717, 1.165) is 17.9 Å². The maximum absolute atomic E-state index is 4.36. The zero-order chi connectivity index (χ0) is 10.7. The van der Waals surface area contributed by atoms with Crippen molar-refractivity contribution in [1.82, 2.24) is 15.1 Å². The Kier molecular flexibility index (Phi) is 2.83. The first-order valence-corrected chi connectivity index (χ1v) is 5.06. The molecule has 3 nitrogen and oxygen atoms in total. The van der Waals surface area contributed by atoms with Gasteiger partial charge in [-0.25, -0.2) is 4.68 Å². The van der Waals surface area contributed by atoms with Crippen molar-refractivity contribution in [1.29, 1.82) is 0 Å². The average molecular weight is 201 g/mol. The molecule has 0 bridgehead atoms. The van der Waals surface area contributed by atoms with E-state index in [1.54, 1.807) is 0 Å². The Balaban J connectivity index is 2.23. The van der Waals surface area contributed by atoms with Crippen molar-refractivity contribution in [2.45, 2.75) is 13.5 Å². The SMILES string of the molecule is CNCc1ccc(-n2ccc(C)n2)cc1. The van der Waals surface area contributed by atoms with Gasteiger partial charge in [0, 0.05) is 12.7 Å². The third kappa shape index (κ3) is 2.25. The van der Waals surface area contributed by atoms with E-state index in [-0.39, 0.29) is 0 Å². The number of aryl methyl sites for hydroxylation is 1. The maximum Gasteiger partial charge on any atom is 0.0645 e. The fourth-order valence-electron chi connectivity index (χ4n) is 1.53. The van der Waals surface area contributed by atoms with E-state index in [1.165, 1.54) is 5.56 Å². The summed E-state index contributed by atoms with van der Waals surface area (Å²) < 4.78 is 1.89. The lowest BCUT2D eigenvalue weighted by atomic mass is 10.2. The van der Waals surface area contributed by atoms with Crippen LogP contribution < -0.4 is 5.32 Å². The Morgan fingerprint density at radius 1 is 1.20 bits per heavy atom. The topological polar surface area (TPSA) is 29.9 Å². The van der Waals surface area contributed by atoms with E-state index < -0.39 is 0 Å². The van der Waals surface area contributed by atoms with Gasteiger partial charge in [0.1, 0.15) is 0 Å². The summed E-state index contributed by atoms with van der Waals surface area (Å²) in [6.45, 7) is 2.89. The summed E-state index contributed by atoms with van der Waals surface area (Å²) in [7, 11) is 1.95. The van der Waals surface area contributed by atoms with Crippen molar-refractivity contribution in [3.8, 4) is 5.69 Å². The highest BCUT2D eigenvalue weighted by molar-refractivity contribution is 5.34. The van der Waals surface area contributed by atoms with E-state index >= 15 is 0 Å². The number of nitrogens with zero attached hydrogens (tertiary/aromatic N) is 2. The largest absolute Gasteiger partial charge is 0.316 e. The van der Waals surface area contributed by atoms with Gasteiger partial charge < -0.3 is 5.32 Å². The minimum atomic E-state index is 0.901. The van der Waals surface area contributed by atoms with Gasteiger partial charge in [0.2, 0.25) is 0 Å². The van der Waals surface area contributed by atoms with Crippen molar-refractivity contribution in [2.75, 3.05) is 7.05 Å². The average Bonchev–Trinajstić information content (AvgIpc) is 2.67. The van der Waals surface area contributed by atoms with Crippen molar-refractivity contribution in [3.63, 3.8) is 0 Å². The predicted molar refractivity (Wildman–Crippen MR) is 61.1 cm³/mol. The highest BCUT2D eigenvalue weighted by atomic mass is 15.3. The van der Waals surface area contributed by atoms with Crippen LogP contribution in [0.5, 0.6) is 0 Å². The first-order chi connectivity index (χ1) is 7.29. The third-order valence-electron chi connectivity index (χ3n) is 2.30. The number of hydrogen-bond acceptors (Lipinski definition) is 2. The van der Waals surface area contributed by atoms with Crippen LogP contribution in [-0.2, 0) is 6.54 Å². The van der Waals surface area contributed by atoms with Gasteiger partial charge >= 0.3 is 0 Å². The predicted octanol–water partition coefficient (Wildman–Crippen LogP) is 1.90. The zero-order valence-corrected chi connectivity index (χ0v) is 9.07. The summed E-state index contributed by atoms with van der Waals surface area (Å²) in [5.41, 5.74) is 3.42. The van der Waals surface area contributed by atoms with Gasteiger partial charge in [-0.15, -0.1) is 0 Å². The first-order valence-electron chi connectivity index (χ1n) is 5.06. The van der Waals surface area contributed by atoms with Crippen LogP contribution in [0.3, 0.4) is 0 Å². The summed E-state index contributed by atoms with van der Waals surface area (Å²) in [5, 5.41) is 7.48. The lowest BCUT2D eigenvalue weighted by Crippen LogP contribution is -2.05. The second-order valence-corrected chi connectivity index (χ2v) is 3.60. The number of rotatable bonds is 3. The lowest BCUT2D eigenvalue weighted by molar-refractivity contribution is 0.814. The molecule has 1 N–H and O–H groups in total. The molecule has 1 heterocycles. The molecule has 0 radical (unpaired) electrons. The highest BCUT2D eigenvalue weighted by Crippen LogP contribution is 2.09. The number of hydrogen-bond donors (Lipinski definition) is 1. The zero-order valence-electron chi connectivity index (χ0n) is 9.07. The first kappa shape index (κ1) is 9.93. The van der Waals surface area contributed by atoms with Gasteiger partial charge in [0.05, 0.1) is 11.4 Å². The minimum Gasteiger partial charge on any atom is -0.316 e. The lowest BCUT2D eigenvalue weighted by Gasteiger charge is -2.03. The molecule has 0 spiro atoms. The van der Waals surface area contributed by atoms with Crippen LogP contribution in [0.2, 0.25) is 0 Å². The van der Waals surface area contributed by atoms with Crippen molar-refractivity contribution in [3.05, 3.63) is 47.8 Å². The molecule has 0 aliphatic heterocycles. The summed E-state index contributed by atoms with van der Waals surface area (Å²) in [5.74, 6) is 0. The second kappa shape index (κ2) is 4.28. The monoisotopic (exact) mass is 201 g/mol. The molecule has 0 fully saturated rings. The molecule has 0 amide bonds. The molecule has 0 atom stereocenters. The van der Waals surface area contributed by atoms with Gasteiger partial charge in [-0.2, -0.15) is 5.10 Å². The van der Waals surface area contributed by atoms with Gasteiger partial charge in [0.25, 0.3) is 0 Å². The molecular weight excluding hydrogens is 186 g/mol. The summed E-state index contributed by atoms with van der Waals surface area (Å²) >= 11 is 0. The summed E-state index contributed by atoms with van der Waals surface area (Å²) in [6, 6.07) is 10.4. The summed E-state index contributed by atoms with van der Waals surface area (Å²) in [4.78, 5) is 0. The van der Waals surface area contributed by atoms with Gasteiger partial charge in [-0.3, -0.25) is 0 Å². The van der Waals surface area contributed by atoms with E-state index in [1.807, 2.05) is 30.9 Å². The highest BCUT2D eigenvalue weighted by Gasteiger charge is 1.97. The van der Waals surface area contributed by atoms with Crippen LogP contribution in [0.4, 0.5) is 0 Å². The van der Waals surface area contributed by atoms with E-state index in [4.69, 9.17) is 0 Å².